The van der Waals surface area contributed by atoms with Crippen LogP contribution >= 0.6 is 0 Å². The van der Waals surface area contributed by atoms with Crippen LogP contribution in [0.5, 0.6) is 0 Å². The lowest BCUT2D eigenvalue weighted by Gasteiger charge is -2.71. The van der Waals surface area contributed by atoms with E-state index in [2.05, 4.69) is 59.9 Å². The molecule has 44 heavy (non-hydrogen) atoms. The van der Waals surface area contributed by atoms with Gasteiger partial charge < -0.3 is 15.2 Å². The van der Waals surface area contributed by atoms with Gasteiger partial charge in [0.15, 0.2) is 0 Å². The van der Waals surface area contributed by atoms with Gasteiger partial charge in [0.2, 0.25) is 5.91 Å². The number of carboxylic acid groups (broad SMARTS) is 1. The fourth-order valence-corrected chi connectivity index (χ4v) is 12.0. The van der Waals surface area contributed by atoms with Gasteiger partial charge in [-0.05, 0) is 116 Å². The summed E-state index contributed by atoms with van der Waals surface area (Å²) >= 11 is 0. The molecule has 8 atom stereocenters. The Morgan fingerprint density at radius 3 is 2.27 bits per heavy atom. The maximum Gasteiger partial charge on any atom is 0.303 e. The van der Waals surface area contributed by atoms with Crippen molar-refractivity contribution in [3.05, 3.63) is 11.6 Å². The third-order valence-electron chi connectivity index (χ3n) is 14.7. The molecule has 0 saturated heterocycles. The third-order valence-corrected chi connectivity index (χ3v) is 14.7. The van der Waals surface area contributed by atoms with E-state index in [0.29, 0.717) is 24.8 Å². The lowest BCUT2D eigenvalue weighted by atomic mass is 9.33. The summed E-state index contributed by atoms with van der Waals surface area (Å²) < 4.78 is 5.92. The minimum absolute atomic E-state index is 0.0110. The monoisotopic (exact) mass is 611 g/mol. The summed E-state index contributed by atoms with van der Waals surface area (Å²) in [6, 6.07) is 0. The van der Waals surface area contributed by atoms with Gasteiger partial charge in [-0.3, -0.25) is 14.4 Å². The topological polar surface area (TPSA) is 92.7 Å². The van der Waals surface area contributed by atoms with Crippen molar-refractivity contribution >= 4 is 17.8 Å². The van der Waals surface area contributed by atoms with Crippen molar-refractivity contribution in [3.63, 3.8) is 0 Å². The van der Waals surface area contributed by atoms with E-state index in [0.717, 1.165) is 64.2 Å². The summed E-state index contributed by atoms with van der Waals surface area (Å²) in [4.78, 5) is 37.1. The zero-order chi connectivity index (χ0) is 32.3. The Morgan fingerprint density at radius 1 is 0.886 bits per heavy atom. The highest BCUT2D eigenvalue weighted by Crippen LogP contribution is 2.75. The molecule has 0 unspecified atom stereocenters. The van der Waals surface area contributed by atoms with Crippen LogP contribution in [-0.2, 0) is 19.1 Å². The van der Waals surface area contributed by atoms with E-state index in [1.807, 2.05) is 0 Å². The molecule has 0 aromatic heterocycles. The van der Waals surface area contributed by atoms with Crippen molar-refractivity contribution < 1.29 is 24.2 Å². The second-order valence-corrected chi connectivity index (χ2v) is 17.8. The molecule has 0 heterocycles. The van der Waals surface area contributed by atoms with Gasteiger partial charge in [0.05, 0.1) is 5.41 Å². The highest BCUT2D eigenvalue weighted by Gasteiger charge is 2.69. The summed E-state index contributed by atoms with van der Waals surface area (Å²) in [5, 5.41) is 12.3. The van der Waals surface area contributed by atoms with Gasteiger partial charge in [0.25, 0.3) is 0 Å². The summed E-state index contributed by atoms with van der Waals surface area (Å²) in [5.74, 6) is 0.701. The molecule has 4 saturated carbocycles. The van der Waals surface area contributed by atoms with E-state index in [-0.39, 0.29) is 62.8 Å². The molecule has 6 nitrogen and oxygen atoms in total. The number of fused-ring (bicyclic) bond motifs is 7. The highest BCUT2D eigenvalue weighted by atomic mass is 16.5. The summed E-state index contributed by atoms with van der Waals surface area (Å²) in [6.07, 6.45) is 15.8. The Bertz CT molecular complexity index is 1190. The SMILES string of the molecule is CC(=O)O[C@H]1CC[C@]2(C)[C@H]3CC=C4[C@@H]5CC(C)(C)CC[C@]5(C(=O)NCCCCCC(=O)O)CC[C@@]4(C)[C@]3(C)CC[C@H]2C1(C)C. The normalized spacial score (nSPS) is 42.0. The van der Waals surface area contributed by atoms with Crippen LogP contribution in [0, 0.1) is 50.2 Å². The molecule has 0 aromatic rings. The standard InChI is InChI=1S/C38H61NO5/c1-25(40)44-30-16-17-35(6)28(34(30,4)5)15-18-37(8)29(35)14-13-26-27-24-33(2,3)19-21-38(27,22-20-36(26,37)7)32(43)39-23-11-9-10-12-31(41)42/h13,27-30H,9-12,14-24H2,1-8H3,(H,39,43)(H,41,42)/t27-,28-,29+,30-,35-,36+,37+,38-/m0/s1. The van der Waals surface area contributed by atoms with Gasteiger partial charge in [-0.15, -0.1) is 0 Å². The van der Waals surface area contributed by atoms with Crippen LogP contribution in [0.25, 0.3) is 0 Å². The van der Waals surface area contributed by atoms with Gasteiger partial charge in [-0.25, -0.2) is 0 Å². The molecule has 6 heteroatoms. The van der Waals surface area contributed by atoms with Crippen molar-refractivity contribution in [1.82, 2.24) is 5.32 Å². The van der Waals surface area contributed by atoms with Crippen LogP contribution in [0.1, 0.15) is 145 Å². The van der Waals surface area contributed by atoms with Gasteiger partial charge in [0, 0.05) is 25.3 Å². The minimum atomic E-state index is -0.747. The summed E-state index contributed by atoms with van der Waals surface area (Å²) in [6.45, 7) is 19.4. The zero-order valence-electron chi connectivity index (χ0n) is 29.1. The van der Waals surface area contributed by atoms with Gasteiger partial charge in [-0.1, -0.05) is 66.5 Å². The number of carboxylic acids is 1. The van der Waals surface area contributed by atoms with Crippen LogP contribution in [-0.4, -0.2) is 35.6 Å². The number of unbranched alkanes of at least 4 members (excludes halogenated alkanes) is 2. The predicted octanol–water partition coefficient (Wildman–Crippen LogP) is 8.48. The molecule has 1 amide bonds. The fraction of sp³-hybridized carbons (Fsp3) is 0.868. The molecule has 4 fully saturated rings. The average molecular weight is 612 g/mol. The van der Waals surface area contributed by atoms with E-state index < -0.39 is 5.97 Å². The Balaban J connectivity index is 1.42. The maximum absolute atomic E-state index is 14.2. The summed E-state index contributed by atoms with van der Waals surface area (Å²) in [5.41, 5.74) is 1.84. The molecule has 5 aliphatic rings. The predicted molar refractivity (Wildman–Crippen MR) is 174 cm³/mol. The molecule has 0 aromatic carbocycles. The van der Waals surface area contributed by atoms with Crippen LogP contribution in [0.15, 0.2) is 11.6 Å². The highest BCUT2D eigenvalue weighted by molar-refractivity contribution is 5.84. The molecule has 5 rings (SSSR count). The Hall–Kier alpha value is -1.85. The number of aliphatic carboxylic acids is 1. The molecule has 0 radical (unpaired) electrons. The van der Waals surface area contributed by atoms with Gasteiger partial charge in [0.1, 0.15) is 6.10 Å². The smallest absolute Gasteiger partial charge is 0.303 e. The van der Waals surface area contributed by atoms with Crippen molar-refractivity contribution in [2.75, 3.05) is 6.54 Å². The first kappa shape index (κ1) is 33.5. The first-order chi connectivity index (χ1) is 20.4. The average Bonchev–Trinajstić information content (AvgIpc) is 2.92. The van der Waals surface area contributed by atoms with Gasteiger partial charge in [-0.2, -0.15) is 0 Å². The molecule has 248 valence electrons. The Morgan fingerprint density at radius 2 is 1.59 bits per heavy atom. The van der Waals surface area contributed by atoms with Crippen LogP contribution in [0.4, 0.5) is 0 Å². The zero-order valence-corrected chi connectivity index (χ0v) is 29.1. The maximum atomic E-state index is 14.2. The van der Waals surface area contributed by atoms with Crippen molar-refractivity contribution in [3.8, 4) is 0 Å². The number of esters is 1. The largest absolute Gasteiger partial charge is 0.481 e. The van der Waals surface area contributed by atoms with E-state index in [1.165, 1.54) is 12.8 Å². The molecule has 0 aliphatic heterocycles. The Labute approximate surface area is 266 Å². The number of carbonyl (C=O) groups excluding carboxylic acids is 2. The molecule has 2 N–H and O–H groups in total. The number of ether oxygens (including phenoxy) is 1. The number of hydrogen-bond acceptors (Lipinski definition) is 4. The number of amides is 1. The first-order valence-electron chi connectivity index (χ1n) is 17.8. The number of allylic oxidation sites excluding steroid dienone is 2. The molecular formula is C38H61NO5. The molecular weight excluding hydrogens is 550 g/mol. The molecule has 0 spiro atoms. The minimum Gasteiger partial charge on any atom is -0.481 e. The molecule has 5 aliphatic carbocycles. The van der Waals surface area contributed by atoms with Crippen LogP contribution < -0.4 is 5.32 Å². The van der Waals surface area contributed by atoms with E-state index in [4.69, 9.17) is 9.84 Å². The van der Waals surface area contributed by atoms with E-state index in [9.17, 15) is 14.4 Å². The van der Waals surface area contributed by atoms with Crippen molar-refractivity contribution in [1.29, 1.82) is 0 Å². The number of nitrogens with one attached hydrogen (secondary N) is 1. The van der Waals surface area contributed by atoms with Crippen molar-refractivity contribution in [2.24, 2.45) is 50.2 Å². The lowest BCUT2D eigenvalue weighted by molar-refractivity contribution is -0.212. The van der Waals surface area contributed by atoms with Crippen LogP contribution in [0.2, 0.25) is 0 Å². The van der Waals surface area contributed by atoms with E-state index in [1.54, 1.807) is 12.5 Å². The second-order valence-electron chi connectivity index (χ2n) is 17.8. The summed E-state index contributed by atoms with van der Waals surface area (Å²) in [7, 11) is 0. The first-order valence-corrected chi connectivity index (χ1v) is 17.8. The number of rotatable bonds is 8. The second kappa shape index (κ2) is 11.4. The quantitative estimate of drug-likeness (QED) is 0.163. The van der Waals surface area contributed by atoms with Crippen LogP contribution in [0.3, 0.4) is 0 Å². The fourth-order valence-electron chi connectivity index (χ4n) is 12.0. The number of carbonyl (C=O) groups is 3. The third kappa shape index (κ3) is 5.26. The number of hydrogen-bond donors (Lipinski definition) is 2. The van der Waals surface area contributed by atoms with Gasteiger partial charge >= 0.3 is 11.9 Å². The van der Waals surface area contributed by atoms with E-state index >= 15 is 0 Å². The Kier molecular flexibility index (Phi) is 8.71. The van der Waals surface area contributed by atoms with Crippen molar-refractivity contribution in [2.45, 2.75) is 151 Å². The lowest BCUT2D eigenvalue weighted by Crippen LogP contribution is -2.65. The molecule has 0 bridgehead atoms.